The first-order valence-electron chi connectivity index (χ1n) is 7.33. The third-order valence-electron chi connectivity index (χ3n) is 3.11. The standard InChI is InChI=1S/C19H17ClN2O2/c1-2-12-21-19(24)16-8-3-4-9-17(16)22-18(23)11-10-14-6-5-7-15(20)13-14/h2-11,13H,1,12H2,(H,21,24)(H,22,23)/b11-10+. The Morgan fingerprint density at radius 3 is 2.67 bits per heavy atom. The van der Waals surface area contributed by atoms with E-state index in [-0.39, 0.29) is 11.8 Å². The fourth-order valence-corrected chi connectivity index (χ4v) is 2.21. The van der Waals surface area contributed by atoms with Crippen LogP contribution in [0.5, 0.6) is 0 Å². The van der Waals surface area contributed by atoms with Crippen molar-refractivity contribution in [2.24, 2.45) is 0 Å². The summed E-state index contributed by atoms with van der Waals surface area (Å²) < 4.78 is 0. The third-order valence-corrected chi connectivity index (χ3v) is 3.35. The highest BCUT2D eigenvalue weighted by atomic mass is 35.5. The summed E-state index contributed by atoms with van der Waals surface area (Å²) in [7, 11) is 0. The minimum absolute atomic E-state index is 0.273. The Bertz CT molecular complexity index is 784. The molecule has 0 aliphatic rings. The molecule has 0 aliphatic carbocycles. The van der Waals surface area contributed by atoms with E-state index < -0.39 is 0 Å². The van der Waals surface area contributed by atoms with E-state index in [1.165, 1.54) is 6.08 Å². The van der Waals surface area contributed by atoms with Crippen molar-refractivity contribution in [1.82, 2.24) is 5.32 Å². The van der Waals surface area contributed by atoms with Crippen LogP contribution in [0.25, 0.3) is 6.08 Å². The van der Waals surface area contributed by atoms with E-state index in [1.54, 1.807) is 54.6 Å². The monoisotopic (exact) mass is 340 g/mol. The van der Waals surface area contributed by atoms with Gasteiger partial charge in [-0.25, -0.2) is 0 Å². The van der Waals surface area contributed by atoms with Gasteiger partial charge >= 0.3 is 0 Å². The second-order valence-electron chi connectivity index (χ2n) is 4.92. The summed E-state index contributed by atoms with van der Waals surface area (Å²) in [6.45, 7) is 3.91. The maximum Gasteiger partial charge on any atom is 0.253 e. The molecule has 0 saturated heterocycles. The number of carbonyl (C=O) groups is 2. The number of anilines is 1. The number of hydrogen-bond acceptors (Lipinski definition) is 2. The molecule has 0 bridgehead atoms. The molecule has 0 heterocycles. The zero-order valence-corrected chi connectivity index (χ0v) is 13.7. The van der Waals surface area contributed by atoms with E-state index in [1.807, 2.05) is 6.07 Å². The molecule has 0 unspecified atom stereocenters. The zero-order chi connectivity index (χ0) is 17.4. The number of amides is 2. The van der Waals surface area contributed by atoms with Crippen molar-refractivity contribution < 1.29 is 9.59 Å². The fourth-order valence-electron chi connectivity index (χ4n) is 2.01. The van der Waals surface area contributed by atoms with Crippen molar-refractivity contribution in [3.8, 4) is 0 Å². The molecule has 2 rings (SSSR count). The van der Waals surface area contributed by atoms with Gasteiger partial charge in [0.15, 0.2) is 0 Å². The van der Waals surface area contributed by atoms with Gasteiger partial charge in [0, 0.05) is 17.6 Å². The van der Waals surface area contributed by atoms with Crippen LogP contribution in [0.3, 0.4) is 0 Å². The van der Waals surface area contributed by atoms with Gasteiger partial charge in [0.25, 0.3) is 5.91 Å². The van der Waals surface area contributed by atoms with Gasteiger partial charge in [0.1, 0.15) is 0 Å². The predicted octanol–water partition coefficient (Wildman–Crippen LogP) is 3.91. The predicted molar refractivity (Wildman–Crippen MR) is 98.1 cm³/mol. The second-order valence-corrected chi connectivity index (χ2v) is 5.36. The van der Waals surface area contributed by atoms with Crippen LogP contribution in [-0.2, 0) is 4.79 Å². The molecular formula is C19H17ClN2O2. The maximum absolute atomic E-state index is 12.1. The molecule has 4 nitrogen and oxygen atoms in total. The molecule has 0 aromatic heterocycles. The molecule has 2 aromatic rings. The lowest BCUT2D eigenvalue weighted by Crippen LogP contribution is -2.24. The number of benzene rings is 2. The maximum atomic E-state index is 12.1. The first kappa shape index (κ1) is 17.5. The van der Waals surface area contributed by atoms with E-state index in [0.717, 1.165) is 5.56 Å². The van der Waals surface area contributed by atoms with Crippen LogP contribution in [0.15, 0.2) is 67.3 Å². The Hall–Kier alpha value is -2.85. The minimum atomic E-state index is -0.334. The Kier molecular flexibility index (Phi) is 6.34. The van der Waals surface area contributed by atoms with Crippen LogP contribution in [0.2, 0.25) is 5.02 Å². The molecule has 0 aliphatic heterocycles. The highest BCUT2D eigenvalue weighted by molar-refractivity contribution is 6.30. The smallest absolute Gasteiger partial charge is 0.253 e. The van der Waals surface area contributed by atoms with Crippen molar-refractivity contribution in [1.29, 1.82) is 0 Å². The molecule has 2 aromatic carbocycles. The van der Waals surface area contributed by atoms with Gasteiger partial charge in [-0.2, -0.15) is 0 Å². The molecule has 0 atom stereocenters. The molecule has 2 amide bonds. The average Bonchev–Trinajstić information content (AvgIpc) is 2.58. The van der Waals surface area contributed by atoms with E-state index >= 15 is 0 Å². The lowest BCUT2D eigenvalue weighted by atomic mass is 10.1. The molecule has 0 saturated carbocycles. The Labute approximate surface area is 145 Å². The van der Waals surface area contributed by atoms with E-state index in [4.69, 9.17) is 11.6 Å². The van der Waals surface area contributed by atoms with Crippen LogP contribution >= 0.6 is 11.6 Å². The lowest BCUT2D eigenvalue weighted by molar-refractivity contribution is -0.111. The minimum Gasteiger partial charge on any atom is -0.349 e. The summed E-state index contributed by atoms with van der Waals surface area (Å²) in [6, 6.07) is 14.0. The number of carbonyl (C=O) groups excluding carboxylic acids is 2. The van der Waals surface area contributed by atoms with Crippen LogP contribution in [0.4, 0.5) is 5.69 Å². The molecular weight excluding hydrogens is 324 g/mol. The summed E-state index contributed by atoms with van der Waals surface area (Å²) in [4.78, 5) is 24.2. The molecule has 0 fully saturated rings. The number of rotatable bonds is 6. The Morgan fingerprint density at radius 1 is 1.12 bits per heavy atom. The van der Waals surface area contributed by atoms with Crippen LogP contribution in [0.1, 0.15) is 15.9 Å². The number of hydrogen-bond donors (Lipinski definition) is 2. The molecule has 122 valence electrons. The van der Waals surface area contributed by atoms with Gasteiger partial charge < -0.3 is 10.6 Å². The first-order chi connectivity index (χ1) is 11.6. The number of halogens is 1. The number of para-hydroxylation sites is 1. The topological polar surface area (TPSA) is 58.2 Å². The summed E-state index contributed by atoms with van der Waals surface area (Å²) in [5.41, 5.74) is 1.65. The van der Waals surface area contributed by atoms with E-state index in [0.29, 0.717) is 22.8 Å². The van der Waals surface area contributed by atoms with Gasteiger partial charge in [-0.05, 0) is 35.9 Å². The lowest BCUT2D eigenvalue weighted by Gasteiger charge is -2.09. The first-order valence-corrected chi connectivity index (χ1v) is 7.70. The van der Waals surface area contributed by atoms with E-state index in [9.17, 15) is 9.59 Å². The van der Waals surface area contributed by atoms with Gasteiger partial charge in [-0.3, -0.25) is 9.59 Å². The average molecular weight is 341 g/mol. The van der Waals surface area contributed by atoms with Crippen molar-refractivity contribution in [3.05, 3.63) is 83.4 Å². The van der Waals surface area contributed by atoms with Crippen LogP contribution < -0.4 is 10.6 Å². The van der Waals surface area contributed by atoms with Gasteiger partial charge in [-0.15, -0.1) is 6.58 Å². The molecule has 24 heavy (non-hydrogen) atoms. The van der Waals surface area contributed by atoms with Gasteiger partial charge in [0.05, 0.1) is 11.3 Å². The zero-order valence-electron chi connectivity index (χ0n) is 13.0. The summed E-state index contributed by atoms with van der Waals surface area (Å²) in [6.07, 6.45) is 4.64. The number of nitrogens with one attached hydrogen (secondary N) is 2. The molecule has 0 radical (unpaired) electrons. The normalized spacial score (nSPS) is 10.4. The molecule has 2 N–H and O–H groups in total. The van der Waals surface area contributed by atoms with E-state index in [2.05, 4.69) is 17.2 Å². The summed E-state index contributed by atoms with van der Waals surface area (Å²) in [5, 5.41) is 5.99. The van der Waals surface area contributed by atoms with Crippen LogP contribution in [0, 0.1) is 0 Å². The third kappa shape index (κ3) is 5.11. The molecule has 0 spiro atoms. The quantitative estimate of drug-likeness (QED) is 0.618. The highest BCUT2D eigenvalue weighted by Gasteiger charge is 2.11. The SMILES string of the molecule is C=CCNC(=O)c1ccccc1NC(=O)/C=C/c1cccc(Cl)c1. The molecule has 5 heteroatoms. The Morgan fingerprint density at radius 2 is 1.92 bits per heavy atom. The van der Waals surface area contributed by atoms with Crippen molar-refractivity contribution in [3.63, 3.8) is 0 Å². The van der Waals surface area contributed by atoms with Crippen molar-refractivity contribution in [2.75, 3.05) is 11.9 Å². The highest BCUT2D eigenvalue weighted by Crippen LogP contribution is 2.16. The van der Waals surface area contributed by atoms with Crippen molar-refractivity contribution >= 4 is 35.2 Å². The van der Waals surface area contributed by atoms with Gasteiger partial charge in [0.2, 0.25) is 5.91 Å². The van der Waals surface area contributed by atoms with Crippen molar-refractivity contribution in [2.45, 2.75) is 0 Å². The van der Waals surface area contributed by atoms with Gasteiger partial charge in [-0.1, -0.05) is 41.9 Å². The second kappa shape index (κ2) is 8.70. The fraction of sp³-hybridized carbons (Fsp3) is 0.0526. The largest absolute Gasteiger partial charge is 0.349 e. The summed E-state index contributed by atoms with van der Waals surface area (Å²) >= 11 is 5.90. The summed E-state index contributed by atoms with van der Waals surface area (Å²) in [5.74, 6) is -0.608. The Balaban J connectivity index is 2.09. The van der Waals surface area contributed by atoms with Crippen LogP contribution in [-0.4, -0.2) is 18.4 Å².